The van der Waals surface area contributed by atoms with Gasteiger partial charge in [-0.15, -0.1) is 0 Å². The van der Waals surface area contributed by atoms with Crippen LogP contribution in [0.15, 0.2) is 0 Å². The lowest BCUT2D eigenvalue weighted by atomic mass is 10.1. The summed E-state index contributed by atoms with van der Waals surface area (Å²) < 4.78 is 0. The first-order valence-corrected chi connectivity index (χ1v) is 5.54. The van der Waals surface area contributed by atoms with E-state index in [1.807, 2.05) is 0 Å². The normalized spacial score (nSPS) is 10.7. The fourth-order valence-corrected chi connectivity index (χ4v) is 1.46. The molecule has 0 saturated heterocycles. The summed E-state index contributed by atoms with van der Waals surface area (Å²) in [5.74, 6) is 0.395. The monoisotopic (exact) mass is 196 g/mol. The largest absolute Gasteiger partial charge is 0.504 e. The maximum Gasteiger partial charge on any atom is 0.159 e. The third-order valence-electron chi connectivity index (χ3n) is 2.43. The second kappa shape index (κ2) is 5.68. The number of hydrogen-bond acceptors (Lipinski definition) is 2. The number of nitrogens with zero attached hydrogens (tertiary/aromatic N) is 1. The van der Waals surface area contributed by atoms with Gasteiger partial charge in [-0.05, 0) is 25.7 Å². The lowest BCUT2D eigenvalue weighted by Gasteiger charge is -1.97. The van der Waals surface area contributed by atoms with Crippen LogP contribution >= 0.6 is 0 Å². The summed E-state index contributed by atoms with van der Waals surface area (Å²) in [6, 6.07) is 0. The Hall–Kier alpha value is -0.990. The van der Waals surface area contributed by atoms with Crippen molar-refractivity contribution >= 4 is 0 Å². The van der Waals surface area contributed by atoms with Crippen LogP contribution in [0.4, 0.5) is 0 Å². The van der Waals surface area contributed by atoms with Crippen LogP contribution in [0.3, 0.4) is 0 Å². The minimum Gasteiger partial charge on any atom is -0.504 e. The molecule has 1 aromatic rings. The smallest absolute Gasteiger partial charge is 0.159 e. The predicted octanol–water partition coefficient (Wildman–Crippen LogP) is 2.80. The van der Waals surface area contributed by atoms with Gasteiger partial charge in [0, 0.05) is 0 Å². The third kappa shape index (κ3) is 2.76. The van der Waals surface area contributed by atoms with Gasteiger partial charge < -0.3 is 5.11 Å². The van der Waals surface area contributed by atoms with Crippen LogP contribution in [0, 0.1) is 0 Å². The maximum absolute atomic E-state index is 9.79. The molecule has 0 aliphatic heterocycles. The summed E-state index contributed by atoms with van der Waals surface area (Å²) in [5.41, 5.74) is 1.73. The zero-order valence-electron chi connectivity index (χ0n) is 9.14. The molecule has 1 heterocycles. The zero-order chi connectivity index (χ0) is 10.4. The van der Waals surface area contributed by atoms with E-state index >= 15 is 0 Å². The number of aromatic hydroxyl groups is 1. The standard InChI is InChI=1S/C11H20N2O/c1-3-5-7-9-11(14)10(13-12-9)8-6-4-2/h14H,3-8H2,1-2H3,(H,12,13). The lowest BCUT2D eigenvalue weighted by Crippen LogP contribution is -1.85. The fraction of sp³-hybridized carbons (Fsp3) is 0.727. The number of H-pyrrole nitrogens is 1. The highest BCUT2D eigenvalue weighted by Crippen LogP contribution is 2.22. The summed E-state index contributed by atoms with van der Waals surface area (Å²) in [7, 11) is 0. The molecule has 0 spiro atoms. The van der Waals surface area contributed by atoms with Crippen LogP contribution in [-0.2, 0) is 12.8 Å². The minimum atomic E-state index is 0.395. The highest BCUT2D eigenvalue weighted by atomic mass is 16.3. The van der Waals surface area contributed by atoms with Gasteiger partial charge in [0.1, 0.15) is 5.69 Å². The molecular weight excluding hydrogens is 176 g/mol. The van der Waals surface area contributed by atoms with E-state index in [-0.39, 0.29) is 0 Å². The first-order valence-electron chi connectivity index (χ1n) is 5.54. The molecule has 0 radical (unpaired) electrons. The zero-order valence-corrected chi connectivity index (χ0v) is 9.14. The van der Waals surface area contributed by atoms with Gasteiger partial charge in [-0.1, -0.05) is 26.7 Å². The molecule has 0 bridgehead atoms. The quantitative estimate of drug-likeness (QED) is 0.735. The molecule has 0 aliphatic rings. The Bertz CT molecular complexity index is 243. The van der Waals surface area contributed by atoms with E-state index in [2.05, 4.69) is 24.0 Å². The average molecular weight is 196 g/mol. The lowest BCUT2D eigenvalue weighted by molar-refractivity contribution is 0.459. The summed E-state index contributed by atoms with van der Waals surface area (Å²) in [6.45, 7) is 4.28. The molecule has 80 valence electrons. The van der Waals surface area contributed by atoms with Crippen molar-refractivity contribution in [3.63, 3.8) is 0 Å². The number of hydrogen-bond donors (Lipinski definition) is 2. The molecule has 0 aliphatic carbocycles. The number of aryl methyl sites for hydroxylation is 2. The summed E-state index contributed by atoms with van der Waals surface area (Å²) in [6.07, 6.45) is 6.25. The van der Waals surface area contributed by atoms with Crippen molar-refractivity contribution in [3.8, 4) is 5.75 Å². The van der Waals surface area contributed by atoms with E-state index in [1.165, 1.54) is 0 Å². The summed E-state index contributed by atoms with van der Waals surface area (Å²) >= 11 is 0. The second-order valence-electron chi connectivity index (χ2n) is 3.70. The molecule has 0 atom stereocenters. The van der Waals surface area contributed by atoms with Gasteiger partial charge >= 0.3 is 0 Å². The van der Waals surface area contributed by atoms with Crippen molar-refractivity contribution in [3.05, 3.63) is 11.4 Å². The SMILES string of the molecule is CCCCc1n[nH]c(CCCC)c1O. The summed E-state index contributed by atoms with van der Waals surface area (Å²) in [4.78, 5) is 0. The van der Waals surface area contributed by atoms with Gasteiger partial charge in [-0.25, -0.2) is 0 Å². The Labute approximate surface area is 85.5 Å². The molecule has 0 fully saturated rings. The van der Waals surface area contributed by atoms with E-state index in [1.54, 1.807) is 0 Å². The first kappa shape index (κ1) is 11.1. The Morgan fingerprint density at radius 2 is 1.79 bits per heavy atom. The van der Waals surface area contributed by atoms with Crippen molar-refractivity contribution in [2.75, 3.05) is 0 Å². The van der Waals surface area contributed by atoms with Crippen molar-refractivity contribution in [1.82, 2.24) is 10.2 Å². The molecule has 0 saturated carbocycles. The fourth-order valence-electron chi connectivity index (χ4n) is 1.46. The van der Waals surface area contributed by atoms with Crippen LogP contribution in [-0.4, -0.2) is 15.3 Å². The van der Waals surface area contributed by atoms with Gasteiger partial charge in [-0.2, -0.15) is 5.10 Å². The highest BCUT2D eigenvalue weighted by Gasteiger charge is 2.10. The molecule has 3 heteroatoms. The van der Waals surface area contributed by atoms with Crippen molar-refractivity contribution in [2.45, 2.75) is 52.4 Å². The Kier molecular flexibility index (Phi) is 4.50. The van der Waals surface area contributed by atoms with E-state index in [0.717, 1.165) is 49.9 Å². The van der Waals surface area contributed by atoms with Crippen LogP contribution in [0.5, 0.6) is 5.75 Å². The minimum absolute atomic E-state index is 0.395. The van der Waals surface area contributed by atoms with Gasteiger partial charge in [0.25, 0.3) is 0 Å². The molecule has 2 N–H and O–H groups in total. The van der Waals surface area contributed by atoms with E-state index in [4.69, 9.17) is 0 Å². The van der Waals surface area contributed by atoms with Crippen LogP contribution in [0.1, 0.15) is 50.9 Å². The third-order valence-corrected chi connectivity index (χ3v) is 2.43. The topological polar surface area (TPSA) is 48.9 Å². The van der Waals surface area contributed by atoms with Crippen molar-refractivity contribution in [2.24, 2.45) is 0 Å². The van der Waals surface area contributed by atoms with Crippen molar-refractivity contribution < 1.29 is 5.11 Å². The molecule has 3 nitrogen and oxygen atoms in total. The number of aromatic nitrogens is 2. The molecule has 14 heavy (non-hydrogen) atoms. The van der Waals surface area contributed by atoms with Crippen LogP contribution in [0.25, 0.3) is 0 Å². The molecule has 1 aromatic heterocycles. The molecule has 1 rings (SSSR count). The van der Waals surface area contributed by atoms with Crippen LogP contribution in [0.2, 0.25) is 0 Å². The van der Waals surface area contributed by atoms with Gasteiger partial charge in [0.2, 0.25) is 0 Å². The first-order chi connectivity index (χ1) is 6.79. The van der Waals surface area contributed by atoms with E-state index < -0.39 is 0 Å². The number of aromatic amines is 1. The van der Waals surface area contributed by atoms with Gasteiger partial charge in [0.15, 0.2) is 5.75 Å². The van der Waals surface area contributed by atoms with E-state index in [9.17, 15) is 5.11 Å². The Balaban J connectivity index is 2.55. The van der Waals surface area contributed by atoms with E-state index in [0.29, 0.717) is 5.75 Å². The molecule has 0 unspecified atom stereocenters. The maximum atomic E-state index is 9.79. The van der Waals surface area contributed by atoms with Gasteiger partial charge in [0.05, 0.1) is 5.69 Å². The number of unbranched alkanes of at least 4 members (excludes halogenated alkanes) is 2. The van der Waals surface area contributed by atoms with Gasteiger partial charge in [-0.3, -0.25) is 5.10 Å². The Morgan fingerprint density at radius 3 is 2.43 bits per heavy atom. The highest BCUT2D eigenvalue weighted by molar-refractivity contribution is 5.31. The van der Waals surface area contributed by atoms with Crippen molar-refractivity contribution in [1.29, 1.82) is 0 Å². The Morgan fingerprint density at radius 1 is 1.14 bits per heavy atom. The molecule has 0 amide bonds. The molecule has 0 aromatic carbocycles. The number of nitrogens with one attached hydrogen (secondary N) is 1. The second-order valence-corrected chi connectivity index (χ2v) is 3.70. The average Bonchev–Trinajstić information content (AvgIpc) is 2.54. The molecular formula is C11H20N2O. The summed E-state index contributed by atoms with van der Waals surface area (Å²) in [5, 5.41) is 16.8. The van der Waals surface area contributed by atoms with Crippen LogP contribution < -0.4 is 0 Å². The predicted molar refractivity (Wildman–Crippen MR) is 57.5 cm³/mol. The number of rotatable bonds is 6.